The Balaban J connectivity index is 1.78. The minimum absolute atomic E-state index is 0.523. The zero-order valence-corrected chi connectivity index (χ0v) is 8.55. The molecule has 1 fully saturated rings. The smallest absolute Gasteiger partial charge is 0.0588 e. The third-order valence-electron chi connectivity index (χ3n) is 2.37. The van der Waals surface area contributed by atoms with Crippen molar-refractivity contribution in [1.82, 2.24) is 5.32 Å². The van der Waals surface area contributed by atoms with Crippen molar-refractivity contribution in [2.75, 3.05) is 33.4 Å². The first-order chi connectivity index (χ1) is 6.43. The highest BCUT2D eigenvalue weighted by Gasteiger charge is 2.13. The van der Waals surface area contributed by atoms with Crippen LogP contribution >= 0.6 is 0 Å². The number of nitrogens with one attached hydrogen (secondary N) is 1. The second-order valence-electron chi connectivity index (χ2n) is 3.52. The van der Waals surface area contributed by atoms with Crippen molar-refractivity contribution in [2.24, 2.45) is 0 Å². The molecule has 0 aromatic rings. The molecule has 0 radical (unpaired) electrons. The molecule has 0 bridgehead atoms. The predicted octanol–water partition coefficient (Wildman–Crippen LogP) is 1.18. The lowest BCUT2D eigenvalue weighted by molar-refractivity contribution is 0.104. The molecule has 1 saturated heterocycles. The number of hydrogen-bond donors (Lipinski definition) is 1. The summed E-state index contributed by atoms with van der Waals surface area (Å²) in [5, 5.41) is 3.39. The van der Waals surface area contributed by atoms with E-state index in [0.29, 0.717) is 6.10 Å². The van der Waals surface area contributed by atoms with E-state index in [-0.39, 0.29) is 0 Å². The van der Waals surface area contributed by atoms with Gasteiger partial charge in [0, 0.05) is 20.3 Å². The Morgan fingerprint density at radius 3 is 3.08 bits per heavy atom. The van der Waals surface area contributed by atoms with Gasteiger partial charge < -0.3 is 14.8 Å². The fourth-order valence-corrected chi connectivity index (χ4v) is 1.60. The summed E-state index contributed by atoms with van der Waals surface area (Å²) < 4.78 is 10.5. The Labute approximate surface area is 80.8 Å². The maximum Gasteiger partial charge on any atom is 0.0588 e. The van der Waals surface area contributed by atoms with Crippen LogP contribution in [0.5, 0.6) is 0 Å². The maximum atomic E-state index is 5.52. The summed E-state index contributed by atoms with van der Waals surface area (Å²) in [5.74, 6) is 0. The number of hydrogen-bond acceptors (Lipinski definition) is 3. The minimum atomic E-state index is 0.523. The minimum Gasteiger partial charge on any atom is -0.385 e. The van der Waals surface area contributed by atoms with Crippen molar-refractivity contribution < 1.29 is 9.47 Å². The van der Waals surface area contributed by atoms with E-state index >= 15 is 0 Å². The van der Waals surface area contributed by atoms with E-state index in [1.807, 2.05) is 0 Å². The molecular formula is C10H21NO2. The Morgan fingerprint density at radius 2 is 2.38 bits per heavy atom. The Bertz CT molecular complexity index is 113. The number of methoxy groups -OCH3 is 1. The average molecular weight is 187 g/mol. The van der Waals surface area contributed by atoms with Crippen molar-refractivity contribution in [3.05, 3.63) is 0 Å². The third kappa shape index (κ3) is 5.24. The summed E-state index contributed by atoms with van der Waals surface area (Å²) in [4.78, 5) is 0. The molecule has 1 heterocycles. The molecule has 1 N–H and O–H groups in total. The lowest BCUT2D eigenvalue weighted by Gasteiger charge is -2.09. The average Bonchev–Trinajstić information content (AvgIpc) is 2.63. The fourth-order valence-electron chi connectivity index (χ4n) is 1.60. The van der Waals surface area contributed by atoms with Crippen LogP contribution in [0.15, 0.2) is 0 Å². The molecular weight excluding hydrogens is 166 g/mol. The molecule has 0 saturated carbocycles. The Kier molecular flexibility index (Phi) is 6.15. The van der Waals surface area contributed by atoms with E-state index in [0.717, 1.165) is 39.1 Å². The van der Waals surface area contributed by atoms with E-state index < -0.39 is 0 Å². The number of rotatable bonds is 7. The molecule has 78 valence electrons. The molecule has 1 unspecified atom stereocenters. The summed E-state index contributed by atoms with van der Waals surface area (Å²) in [5.41, 5.74) is 0. The van der Waals surface area contributed by atoms with Crippen LogP contribution in [0.1, 0.15) is 25.7 Å². The van der Waals surface area contributed by atoms with Crippen LogP contribution in [0.25, 0.3) is 0 Å². The highest BCUT2D eigenvalue weighted by molar-refractivity contribution is 4.65. The zero-order valence-electron chi connectivity index (χ0n) is 8.55. The molecule has 0 aromatic heterocycles. The molecule has 1 aliphatic heterocycles. The molecule has 3 heteroatoms. The monoisotopic (exact) mass is 187 g/mol. The van der Waals surface area contributed by atoms with Gasteiger partial charge in [-0.15, -0.1) is 0 Å². The van der Waals surface area contributed by atoms with Gasteiger partial charge in [-0.25, -0.2) is 0 Å². The number of ether oxygens (including phenoxy) is 2. The molecule has 0 aromatic carbocycles. The molecule has 13 heavy (non-hydrogen) atoms. The van der Waals surface area contributed by atoms with Gasteiger partial charge in [0.1, 0.15) is 0 Å². The first-order valence-corrected chi connectivity index (χ1v) is 5.24. The largest absolute Gasteiger partial charge is 0.385 e. The van der Waals surface area contributed by atoms with Crippen LogP contribution in [0, 0.1) is 0 Å². The normalized spacial score (nSPS) is 22.4. The first-order valence-electron chi connectivity index (χ1n) is 5.24. The summed E-state index contributed by atoms with van der Waals surface area (Å²) in [6, 6.07) is 0. The quantitative estimate of drug-likeness (QED) is 0.607. The molecule has 1 aliphatic rings. The SMILES string of the molecule is COCCCNCCC1CCCO1. The second-order valence-corrected chi connectivity index (χ2v) is 3.52. The van der Waals surface area contributed by atoms with Gasteiger partial charge in [-0.2, -0.15) is 0 Å². The van der Waals surface area contributed by atoms with Crippen LogP contribution in [-0.2, 0) is 9.47 Å². The first kappa shape index (κ1) is 11.0. The standard InChI is InChI=1S/C10H21NO2/c1-12-8-3-6-11-7-5-10-4-2-9-13-10/h10-11H,2-9H2,1H3. The van der Waals surface area contributed by atoms with Gasteiger partial charge >= 0.3 is 0 Å². The molecule has 0 spiro atoms. The zero-order chi connectivity index (χ0) is 9.36. The summed E-state index contributed by atoms with van der Waals surface area (Å²) in [7, 11) is 1.74. The van der Waals surface area contributed by atoms with Crippen molar-refractivity contribution in [3.63, 3.8) is 0 Å². The maximum absolute atomic E-state index is 5.52. The van der Waals surface area contributed by atoms with Crippen molar-refractivity contribution >= 4 is 0 Å². The highest BCUT2D eigenvalue weighted by Crippen LogP contribution is 2.14. The van der Waals surface area contributed by atoms with Gasteiger partial charge in [0.2, 0.25) is 0 Å². The topological polar surface area (TPSA) is 30.5 Å². The molecule has 0 aliphatic carbocycles. The Hall–Kier alpha value is -0.120. The predicted molar refractivity (Wildman–Crippen MR) is 53.0 cm³/mol. The highest BCUT2D eigenvalue weighted by atomic mass is 16.5. The van der Waals surface area contributed by atoms with Gasteiger partial charge in [0.25, 0.3) is 0 Å². The van der Waals surface area contributed by atoms with E-state index in [4.69, 9.17) is 9.47 Å². The van der Waals surface area contributed by atoms with E-state index in [2.05, 4.69) is 5.32 Å². The van der Waals surface area contributed by atoms with Gasteiger partial charge in [-0.3, -0.25) is 0 Å². The van der Waals surface area contributed by atoms with Crippen LogP contribution in [0.4, 0.5) is 0 Å². The van der Waals surface area contributed by atoms with Crippen LogP contribution in [0.2, 0.25) is 0 Å². The van der Waals surface area contributed by atoms with Gasteiger partial charge in [0.05, 0.1) is 6.10 Å². The van der Waals surface area contributed by atoms with Gasteiger partial charge in [0.15, 0.2) is 0 Å². The second kappa shape index (κ2) is 7.30. The summed E-state index contributed by atoms with van der Waals surface area (Å²) in [6.45, 7) is 3.95. The summed E-state index contributed by atoms with van der Waals surface area (Å²) in [6.07, 6.45) is 5.28. The molecule has 1 atom stereocenters. The molecule has 1 rings (SSSR count). The van der Waals surface area contributed by atoms with E-state index in [1.54, 1.807) is 7.11 Å². The Morgan fingerprint density at radius 1 is 1.46 bits per heavy atom. The lowest BCUT2D eigenvalue weighted by Crippen LogP contribution is -2.21. The van der Waals surface area contributed by atoms with Crippen LogP contribution < -0.4 is 5.32 Å². The van der Waals surface area contributed by atoms with Crippen molar-refractivity contribution in [3.8, 4) is 0 Å². The summed E-state index contributed by atoms with van der Waals surface area (Å²) >= 11 is 0. The van der Waals surface area contributed by atoms with Gasteiger partial charge in [-0.1, -0.05) is 0 Å². The molecule has 0 amide bonds. The van der Waals surface area contributed by atoms with Crippen LogP contribution in [0.3, 0.4) is 0 Å². The molecule has 3 nitrogen and oxygen atoms in total. The van der Waals surface area contributed by atoms with Crippen molar-refractivity contribution in [1.29, 1.82) is 0 Å². The van der Waals surface area contributed by atoms with E-state index in [9.17, 15) is 0 Å². The third-order valence-corrected chi connectivity index (χ3v) is 2.37. The van der Waals surface area contributed by atoms with Crippen molar-refractivity contribution in [2.45, 2.75) is 31.8 Å². The fraction of sp³-hybridized carbons (Fsp3) is 1.00. The lowest BCUT2D eigenvalue weighted by atomic mass is 10.2. The van der Waals surface area contributed by atoms with Crippen LogP contribution in [-0.4, -0.2) is 39.5 Å². The van der Waals surface area contributed by atoms with E-state index in [1.165, 1.54) is 12.8 Å². The van der Waals surface area contributed by atoms with Gasteiger partial charge in [-0.05, 0) is 38.8 Å².